The number of carbonyl (C=O) groups excluding carboxylic acids is 4. The van der Waals surface area contributed by atoms with Crippen molar-refractivity contribution in [2.24, 2.45) is 22.9 Å². The van der Waals surface area contributed by atoms with Gasteiger partial charge in [0.2, 0.25) is 0 Å². The molecule has 27 N–H and O–H groups in total. The number of aliphatic hydroxyl groups excluding tert-OH is 7. The molecule has 69 heavy (non-hydrogen) atoms. The van der Waals surface area contributed by atoms with Gasteiger partial charge in [0.15, 0.2) is 12.6 Å². The molecular weight excluding hydrogens is 921 g/mol. The standard InChI is InChI=1S/C38H80N16O15/c39-1-5-43-9-13-47-35(62)51-18-22-26(57)28(59)29(60)34(66-22)69-32-21(53-37(64)49-15-11-45-7-3-41)17-20(52-36(63)48-14-10-44-6-2-40)31(30(32)61)68-33-27(58)24(25(56)23(19-55)67-33)54-38(65)50-16-12-46-8-4-42/h20-34,43-46,55-61H,1-19,39-42H2,(H2,47,51,62)(H2,48,52,63)(H2,49,53,64)(H2,50,54,65)/t20-,21+,22-,23-,24+,25-,26-,27-,28+,29-,30-,31+,32-,33-,34-/m1/s1. The number of hydrogen-bond acceptors (Lipinski definition) is 23. The Kier molecular flexibility index (Phi) is 28.6. The summed E-state index contributed by atoms with van der Waals surface area (Å²) in [7, 11) is 0. The van der Waals surface area contributed by atoms with Crippen molar-refractivity contribution in [2.75, 3.05) is 118 Å². The number of urea groups is 4. The minimum atomic E-state index is -1.98. The highest BCUT2D eigenvalue weighted by Crippen LogP contribution is 2.33. The molecule has 1 saturated carbocycles. The number of rotatable bonds is 30. The van der Waals surface area contributed by atoms with E-state index in [0.717, 1.165) is 0 Å². The molecule has 402 valence electrons. The van der Waals surface area contributed by atoms with Crippen molar-refractivity contribution in [3.8, 4) is 0 Å². The Bertz CT molecular complexity index is 1480. The van der Waals surface area contributed by atoms with Gasteiger partial charge < -0.3 is 141 Å². The number of carbonyl (C=O) groups is 4. The molecular formula is C38H80N16O15. The highest BCUT2D eigenvalue weighted by Gasteiger charge is 2.54. The van der Waals surface area contributed by atoms with E-state index in [1.807, 2.05) is 0 Å². The summed E-state index contributed by atoms with van der Waals surface area (Å²) in [6.45, 7) is 4.21. The van der Waals surface area contributed by atoms with Crippen molar-refractivity contribution in [2.45, 2.75) is 98.2 Å². The fraction of sp³-hybridized carbons (Fsp3) is 0.895. The lowest BCUT2D eigenvalue weighted by Crippen LogP contribution is -2.71. The first kappa shape index (κ1) is 59.6. The van der Waals surface area contributed by atoms with E-state index >= 15 is 0 Å². The van der Waals surface area contributed by atoms with Crippen LogP contribution in [-0.2, 0) is 18.9 Å². The predicted molar refractivity (Wildman–Crippen MR) is 245 cm³/mol. The molecule has 0 aromatic carbocycles. The number of nitrogens with one attached hydrogen (secondary N) is 12. The SMILES string of the molecule is NCCNCCNC(=O)NC[C@H]1O[C@H](O[C@H]2[C@H](O)[C@@H](O[C@H]3O[C@H](CO)[C@@H](O)[C@H](NC(=O)NCCNCCN)[C@H]3O)[C@H](NC(=O)NCCNCCN)C[C@@H]2NC(=O)NCCNCCN)[C@H](O)[C@@H](O)[C@@H]1O. The zero-order chi connectivity index (χ0) is 50.7. The quantitative estimate of drug-likeness (QED) is 0.0297. The van der Waals surface area contributed by atoms with Crippen LogP contribution in [0.4, 0.5) is 19.2 Å². The van der Waals surface area contributed by atoms with Crippen molar-refractivity contribution < 1.29 is 73.9 Å². The Morgan fingerprint density at radius 3 is 1.29 bits per heavy atom. The number of nitrogens with two attached hydrogens (primary N) is 4. The molecule has 3 rings (SSSR count). The fourth-order valence-corrected chi connectivity index (χ4v) is 7.58. The van der Waals surface area contributed by atoms with Crippen LogP contribution in [0.5, 0.6) is 0 Å². The maximum atomic E-state index is 13.4. The number of amides is 8. The van der Waals surface area contributed by atoms with Crippen LogP contribution >= 0.6 is 0 Å². The first-order valence-corrected chi connectivity index (χ1v) is 23.3. The highest BCUT2D eigenvalue weighted by molar-refractivity contribution is 5.75. The van der Waals surface area contributed by atoms with Gasteiger partial charge in [-0.2, -0.15) is 0 Å². The van der Waals surface area contributed by atoms with E-state index < -0.39 is 129 Å². The maximum Gasteiger partial charge on any atom is 0.315 e. The third kappa shape index (κ3) is 20.2. The van der Waals surface area contributed by atoms with Crippen LogP contribution in [0.25, 0.3) is 0 Å². The molecule has 0 spiro atoms. The second-order valence-electron chi connectivity index (χ2n) is 16.4. The summed E-state index contributed by atoms with van der Waals surface area (Å²) >= 11 is 0. The summed E-state index contributed by atoms with van der Waals surface area (Å²) in [4.78, 5) is 52.2. The molecule has 0 aromatic rings. The summed E-state index contributed by atoms with van der Waals surface area (Å²) in [6.07, 6.45) is -21.4. The van der Waals surface area contributed by atoms with Crippen LogP contribution in [0.1, 0.15) is 6.42 Å². The lowest BCUT2D eigenvalue weighted by molar-refractivity contribution is -0.334. The Morgan fingerprint density at radius 2 is 0.855 bits per heavy atom. The van der Waals surface area contributed by atoms with Crippen molar-refractivity contribution in [3.63, 3.8) is 0 Å². The number of ether oxygens (including phenoxy) is 4. The Morgan fingerprint density at radius 1 is 0.449 bits per heavy atom. The van der Waals surface area contributed by atoms with Crippen LogP contribution in [0.3, 0.4) is 0 Å². The van der Waals surface area contributed by atoms with Crippen LogP contribution in [0.15, 0.2) is 0 Å². The lowest BCUT2D eigenvalue weighted by Gasteiger charge is -2.49. The van der Waals surface area contributed by atoms with E-state index in [1.165, 1.54) is 0 Å². The maximum absolute atomic E-state index is 13.4. The van der Waals surface area contributed by atoms with Crippen LogP contribution in [-0.4, -0.2) is 269 Å². The molecule has 31 nitrogen and oxygen atoms in total. The fourth-order valence-electron chi connectivity index (χ4n) is 7.58. The minimum absolute atomic E-state index is 0.119. The third-order valence-corrected chi connectivity index (χ3v) is 11.1. The average Bonchev–Trinajstić information content (AvgIpc) is 3.32. The molecule has 3 fully saturated rings. The molecule has 2 heterocycles. The van der Waals surface area contributed by atoms with Gasteiger partial charge >= 0.3 is 24.1 Å². The second-order valence-corrected chi connectivity index (χ2v) is 16.4. The largest absolute Gasteiger partial charge is 0.394 e. The first-order valence-electron chi connectivity index (χ1n) is 23.3. The number of aliphatic hydroxyl groups is 7. The zero-order valence-electron chi connectivity index (χ0n) is 38.8. The van der Waals surface area contributed by atoms with Crippen LogP contribution in [0.2, 0.25) is 0 Å². The van der Waals surface area contributed by atoms with Crippen molar-refractivity contribution in [1.82, 2.24) is 63.8 Å². The summed E-state index contributed by atoms with van der Waals surface area (Å²) < 4.78 is 24.1. The van der Waals surface area contributed by atoms with E-state index in [0.29, 0.717) is 78.5 Å². The van der Waals surface area contributed by atoms with Gasteiger partial charge in [0.25, 0.3) is 0 Å². The predicted octanol–water partition coefficient (Wildman–Crippen LogP) is -11.7. The molecule has 1 aliphatic carbocycles. The number of hydrogen-bond donors (Lipinski definition) is 23. The van der Waals surface area contributed by atoms with Crippen LogP contribution < -0.4 is 86.7 Å². The lowest BCUT2D eigenvalue weighted by atomic mass is 9.83. The first-order chi connectivity index (χ1) is 33.2. The molecule has 8 amide bonds. The Hall–Kier alpha value is -3.68. The third-order valence-electron chi connectivity index (χ3n) is 11.1. The molecule has 0 radical (unpaired) electrons. The van der Waals surface area contributed by atoms with E-state index in [4.69, 9.17) is 41.9 Å². The van der Waals surface area contributed by atoms with Crippen LogP contribution in [0, 0.1) is 0 Å². The molecule has 0 unspecified atom stereocenters. The smallest absolute Gasteiger partial charge is 0.315 e. The van der Waals surface area contributed by atoms with Gasteiger partial charge in [0, 0.05) is 111 Å². The molecule has 2 aliphatic heterocycles. The molecule has 0 bridgehead atoms. The minimum Gasteiger partial charge on any atom is -0.394 e. The van der Waals surface area contributed by atoms with E-state index in [1.54, 1.807) is 0 Å². The topological polar surface area (TPSA) is 495 Å². The normalized spacial score (nSPS) is 31.3. The van der Waals surface area contributed by atoms with E-state index in [-0.39, 0.29) is 32.6 Å². The molecule has 2 saturated heterocycles. The van der Waals surface area contributed by atoms with E-state index in [9.17, 15) is 54.9 Å². The molecule has 31 heteroatoms. The van der Waals surface area contributed by atoms with E-state index in [2.05, 4.69) is 63.8 Å². The average molecular weight is 1000 g/mol. The molecule has 3 aliphatic rings. The van der Waals surface area contributed by atoms with Crippen molar-refractivity contribution >= 4 is 24.1 Å². The van der Waals surface area contributed by atoms with Gasteiger partial charge in [0.1, 0.15) is 61.0 Å². The molecule has 0 aromatic heterocycles. The summed E-state index contributed by atoms with van der Waals surface area (Å²) in [6, 6.07) is -7.05. The van der Waals surface area contributed by atoms with Crippen molar-refractivity contribution in [3.05, 3.63) is 0 Å². The monoisotopic (exact) mass is 1000 g/mol. The Labute approximate surface area is 400 Å². The summed E-state index contributed by atoms with van der Waals surface area (Å²) in [5.74, 6) is 0. The van der Waals surface area contributed by atoms with Gasteiger partial charge in [-0.15, -0.1) is 0 Å². The molecule has 15 atom stereocenters. The van der Waals surface area contributed by atoms with Gasteiger partial charge in [-0.05, 0) is 6.42 Å². The van der Waals surface area contributed by atoms with Gasteiger partial charge in [-0.3, -0.25) is 0 Å². The Balaban J connectivity index is 1.95. The summed E-state index contributed by atoms with van der Waals surface area (Å²) in [5, 5.41) is 111. The van der Waals surface area contributed by atoms with Gasteiger partial charge in [0.05, 0.1) is 24.7 Å². The summed E-state index contributed by atoms with van der Waals surface area (Å²) in [5.41, 5.74) is 22.0. The highest BCUT2D eigenvalue weighted by atomic mass is 16.7. The van der Waals surface area contributed by atoms with Crippen molar-refractivity contribution in [1.29, 1.82) is 0 Å². The second kappa shape index (κ2) is 33.1. The van der Waals surface area contributed by atoms with Gasteiger partial charge in [-0.1, -0.05) is 0 Å². The van der Waals surface area contributed by atoms with Gasteiger partial charge in [-0.25, -0.2) is 19.2 Å². The zero-order valence-corrected chi connectivity index (χ0v) is 38.8.